The van der Waals surface area contributed by atoms with Gasteiger partial charge in [0.05, 0.1) is 5.69 Å². The van der Waals surface area contributed by atoms with Gasteiger partial charge < -0.3 is 4.57 Å². The summed E-state index contributed by atoms with van der Waals surface area (Å²) in [5.74, 6) is 0.757. The smallest absolute Gasteiger partial charge is 0.127 e. The van der Waals surface area contributed by atoms with Gasteiger partial charge in [0.2, 0.25) is 0 Å². The molecule has 2 aromatic rings. The number of imidazole rings is 1. The van der Waals surface area contributed by atoms with E-state index in [1.165, 1.54) is 12.1 Å². The molecule has 84 valence electrons. The molecular formula is C12H12BrFN2. The van der Waals surface area contributed by atoms with Gasteiger partial charge in [-0.3, -0.25) is 0 Å². The fraction of sp³-hybridized carbons (Fsp3) is 0.250. The number of halogens is 2. The molecule has 0 radical (unpaired) electrons. The molecule has 0 saturated carbocycles. The summed E-state index contributed by atoms with van der Waals surface area (Å²) in [5, 5.41) is 0. The summed E-state index contributed by atoms with van der Waals surface area (Å²) in [6.45, 7) is 1.96. The third kappa shape index (κ3) is 2.16. The largest absolute Gasteiger partial charge is 0.334 e. The summed E-state index contributed by atoms with van der Waals surface area (Å²) in [6, 6.07) is 6.55. The van der Waals surface area contributed by atoms with Gasteiger partial charge in [0, 0.05) is 13.5 Å². The predicted molar refractivity (Wildman–Crippen MR) is 64.9 cm³/mol. The highest BCUT2D eigenvalue weighted by molar-refractivity contribution is 9.10. The lowest BCUT2D eigenvalue weighted by Gasteiger charge is -2.04. The maximum atomic E-state index is 12.8. The van der Waals surface area contributed by atoms with Crippen LogP contribution in [0.3, 0.4) is 0 Å². The van der Waals surface area contributed by atoms with E-state index in [0.29, 0.717) is 0 Å². The number of hydrogen-bond donors (Lipinski definition) is 0. The highest BCUT2D eigenvalue weighted by atomic mass is 79.9. The Hall–Kier alpha value is -1.16. The molecule has 2 nitrogen and oxygen atoms in total. The van der Waals surface area contributed by atoms with E-state index in [1.807, 2.05) is 18.5 Å². The molecule has 2 rings (SSSR count). The molecular weight excluding hydrogens is 271 g/mol. The van der Waals surface area contributed by atoms with Gasteiger partial charge >= 0.3 is 0 Å². The Morgan fingerprint density at radius 2 is 1.94 bits per heavy atom. The number of rotatable bonds is 2. The Labute approximate surface area is 102 Å². The summed E-state index contributed by atoms with van der Waals surface area (Å²) in [6.07, 6.45) is 0.748. The van der Waals surface area contributed by atoms with Crippen LogP contribution >= 0.6 is 15.9 Å². The maximum Gasteiger partial charge on any atom is 0.127 e. The third-order valence-electron chi connectivity index (χ3n) is 2.67. The van der Waals surface area contributed by atoms with Crippen LogP contribution in [0.5, 0.6) is 0 Å². The number of nitrogens with zero attached hydrogens (tertiary/aromatic N) is 2. The lowest BCUT2D eigenvalue weighted by molar-refractivity contribution is 0.627. The van der Waals surface area contributed by atoms with Gasteiger partial charge in [-0.2, -0.15) is 0 Å². The van der Waals surface area contributed by atoms with Crippen LogP contribution in [0.25, 0.3) is 0 Å². The zero-order valence-corrected chi connectivity index (χ0v) is 10.8. The molecule has 0 saturated heterocycles. The summed E-state index contributed by atoms with van der Waals surface area (Å²) in [5.41, 5.74) is 2.18. The number of aromatic nitrogens is 2. The standard InChI is InChI=1S/C12H12BrFN2/c1-8-15-12(13)11(16(8)2)7-9-3-5-10(14)6-4-9/h3-6H,7H2,1-2H3. The summed E-state index contributed by atoms with van der Waals surface area (Å²) in [7, 11) is 1.98. The van der Waals surface area contributed by atoms with Crippen molar-refractivity contribution in [1.82, 2.24) is 9.55 Å². The highest BCUT2D eigenvalue weighted by Gasteiger charge is 2.10. The topological polar surface area (TPSA) is 17.8 Å². The van der Waals surface area contributed by atoms with Crippen LogP contribution in [0.2, 0.25) is 0 Å². The van der Waals surface area contributed by atoms with E-state index in [0.717, 1.165) is 28.1 Å². The zero-order valence-electron chi connectivity index (χ0n) is 9.17. The zero-order chi connectivity index (χ0) is 11.7. The van der Waals surface area contributed by atoms with Gasteiger partial charge in [-0.15, -0.1) is 0 Å². The molecule has 0 aliphatic heterocycles. The van der Waals surface area contributed by atoms with E-state index >= 15 is 0 Å². The SMILES string of the molecule is Cc1nc(Br)c(Cc2ccc(F)cc2)n1C. The minimum Gasteiger partial charge on any atom is -0.334 e. The van der Waals surface area contributed by atoms with Gasteiger partial charge in [-0.1, -0.05) is 12.1 Å². The van der Waals surface area contributed by atoms with Crippen LogP contribution in [0.1, 0.15) is 17.1 Å². The van der Waals surface area contributed by atoms with Crippen LogP contribution in [0.15, 0.2) is 28.9 Å². The van der Waals surface area contributed by atoms with Crippen molar-refractivity contribution in [2.75, 3.05) is 0 Å². The molecule has 0 spiro atoms. The van der Waals surface area contributed by atoms with Crippen LogP contribution < -0.4 is 0 Å². The van der Waals surface area contributed by atoms with Crippen molar-refractivity contribution in [3.63, 3.8) is 0 Å². The number of aryl methyl sites for hydroxylation is 1. The average Bonchev–Trinajstić information content (AvgIpc) is 2.48. The number of benzene rings is 1. The van der Waals surface area contributed by atoms with E-state index in [4.69, 9.17) is 0 Å². The van der Waals surface area contributed by atoms with Crippen molar-refractivity contribution in [1.29, 1.82) is 0 Å². The highest BCUT2D eigenvalue weighted by Crippen LogP contribution is 2.20. The first-order valence-electron chi connectivity index (χ1n) is 5.00. The van der Waals surface area contributed by atoms with Crippen LogP contribution in [-0.4, -0.2) is 9.55 Å². The van der Waals surface area contributed by atoms with E-state index < -0.39 is 0 Å². The van der Waals surface area contributed by atoms with Crippen molar-refractivity contribution in [2.45, 2.75) is 13.3 Å². The summed E-state index contributed by atoms with van der Waals surface area (Å²) >= 11 is 3.43. The number of hydrogen-bond acceptors (Lipinski definition) is 1. The van der Waals surface area contributed by atoms with E-state index in [9.17, 15) is 4.39 Å². The molecule has 1 heterocycles. The molecule has 1 aromatic carbocycles. The monoisotopic (exact) mass is 282 g/mol. The van der Waals surface area contributed by atoms with Crippen molar-refractivity contribution >= 4 is 15.9 Å². The fourth-order valence-corrected chi connectivity index (χ4v) is 2.27. The quantitative estimate of drug-likeness (QED) is 0.827. The van der Waals surface area contributed by atoms with Gasteiger partial charge in [-0.05, 0) is 40.5 Å². The predicted octanol–water partition coefficient (Wildman–Crippen LogP) is 3.22. The third-order valence-corrected chi connectivity index (χ3v) is 3.31. The molecule has 16 heavy (non-hydrogen) atoms. The van der Waals surface area contributed by atoms with Crippen LogP contribution in [0, 0.1) is 12.7 Å². The molecule has 0 fully saturated rings. The second kappa shape index (κ2) is 4.37. The minimum atomic E-state index is -0.205. The van der Waals surface area contributed by atoms with Crippen LogP contribution in [-0.2, 0) is 13.5 Å². The van der Waals surface area contributed by atoms with Crippen molar-refractivity contribution in [2.24, 2.45) is 7.05 Å². The average molecular weight is 283 g/mol. The van der Waals surface area contributed by atoms with Gasteiger partial charge in [-0.25, -0.2) is 9.37 Å². The summed E-state index contributed by atoms with van der Waals surface area (Å²) < 4.78 is 15.7. The molecule has 0 amide bonds. The van der Waals surface area contributed by atoms with Crippen molar-refractivity contribution in [3.8, 4) is 0 Å². The van der Waals surface area contributed by atoms with E-state index in [1.54, 1.807) is 12.1 Å². The van der Waals surface area contributed by atoms with Crippen molar-refractivity contribution < 1.29 is 4.39 Å². The molecule has 0 aliphatic rings. The van der Waals surface area contributed by atoms with Crippen LogP contribution in [0.4, 0.5) is 4.39 Å². The molecule has 0 bridgehead atoms. The molecule has 0 atom stereocenters. The minimum absolute atomic E-state index is 0.205. The lowest BCUT2D eigenvalue weighted by atomic mass is 10.1. The van der Waals surface area contributed by atoms with E-state index in [-0.39, 0.29) is 5.82 Å². The molecule has 0 unspecified atom stereocenters. The fourth-order valence-electron chi connectivity index (χ4n) is 1.60. The molecule has 0 aliphatic carbocycles. The Bertz CT molecular complexity index is 502. The maximum absolute atomic E-state index is 12.8. The Balaban J connectivity index is 2.30. The molecule has 0 N–H and O–H groups in total. The Morgan fingerprint density at radius 1 is 1.31 bits per heavy atom. The Kier molecular flexibility index (Phi) is 3.10. The van der Waals surface area contributed by atoms with E-state index in [2.05, 4.69) is 20.9 Å². The molecule has 1 aromatic heterocycles. The second-order valence-corrected chi connectivity index (χ2v) is 4.51. The van der Waals surface area contributed by atoms with Crippen molar-refractivity contribution in [3.05, 3.63) is 51.8 Å². The van der Waals surface area contributed by atoms with Gasteiger partial charge in [0.15, 0.2) is 0 Å². The molecule has 4 heteroatoms. The first kappa shape index (κ1) is 11.3. The second-order valence-electron chi connectivity index (χ2n) is 3.76. The summed E-state index contributed by atoms with van der Waals surface area (Å²) in [4.78, 5) is 4.33. The van der Waals surface area contributed by atoms with Gasteiger partial charge in [0.1, 0.15) is 16.2 Å². The normalized spacial score (nSPS) is 10.8. The first-order chi connectivity index (χ1) is 7.58. The lowest BCUT2D eigenvalue weighted by Crippen LogP contribution is -1.99. The Morgan fingerprint density at radius 3 is 2.44 bits per heavy atom. The van der Waals surface area contributed by atoms with Gasteiger partial charge in [0.25, 0.3) is 0 Å². The first-order valence-corrected chi connectivity index (χ1v) is 5.79.